The molecule has 0 amide bonds. The van der Waals surface area contributed by atoms with Gasteiger partial charge in [0.15, 0.2) is 0 Å². The van der Waals surface area contributed by atoms with E-state index in [2.05, 4.69) is 19.1 Å². The average Bonchev–Trinajstić information content (AvgIpc) is 2.56. The summed E-state index contributed by atoms with van der Waals surface area (Å²) in [5.74, 6) is -1.01. The number of carbonyl (C=O) groups is 2. The zero-order valence-electron chi connectivity index (χ0n) is 10.8. The van der Waals surface area contributed by atoms with Gasteiger partial charge >= 0.3 is 11.9 Å². The van der Waals surface area contributed by atoms with E-state index in [0.717, 1.165) is 38.5 Å². The summed E-state index contributed by atoms with van der Waals surface area (Å²) < 4.78 is 4.72. The second-order valence-corrected chi connectivity index (χ2v) is 4.55. The molecule has 0 spiro atoms. The Balaban J connectivity index is 2.41. The summed E-state index contributed by atoms with van der Waals surface area (Å²) in [6.07, 6.45) is 9.68. The molecule has 1 rings (SSSR count). The van der Waals surface area contributed by atoms with E-state index < -0.39 is 0 Å². The Morgan fingerprint density at radius 1 is 1.06 bits per heavy atom. The number of cyclic esters (lactones) is 2. The van der Waals surface area contributed by atoms with Crippen LogP contribution in [0, 0.1) is 11.8 Å². The van der Waals surface area contributed by atoms with E-state index in [-0.39, 0.29) is 23.8 Å². The van der Waals surface area contributed by atoms with Crippen molar-refractivity contribution in [2.45, 2.75) is 52.4 Å². The minimum Gasteiger partial charge on any atom is -0.393 e. The fraction of sp³-hybridized carbons (Fsp3) is 0.714. The van der Waals surface area contributed by atoms with Gasteiger partial charge in [-0.15, -0.1) is 0 Å². The molecule has 1 saturated heterocycles. The van der Waals surface area contributed by atoms with E-state index >= 15 is 0 Å². The van der Waals surface area contributed by atoms with Crippen molar-refractivity contribution in [1.82, 2.24) is 0 Å². The van der Waals surface area contributed by atoms with Crippen LogP contribution in [-0.4, -0.2) is 11.9 Å². The van der Waals surface area contributed by atoms with Crippen molar-refractivity contribution < 1.29 is 14.3 Å². The molecule has 0 aromatic rings. The minimum atomic E-state index is -0.314. The summed E-state index contributed by atoms with van der Waals surface area (Å²) in [4.78, 5) is 23.0. The van der Waals surface area contributed by atoms with Crippen molar-refractivity contribution in [3.05, 3.63) is 12.2 Å². The van der Waals surface area contributed by atoms with E-state index in [1.54, 1.807) is 0 Å². The molecular weight excluding hydrogens is 216 g/mol. The molecule has 0 radical (unpaired) electrons. The number of hydrogen-bond acceptors (Lipinski definition) is 3. The first-order valence-corrected chi connectivity index (χ1v) is 6.61. The van der Waals surface area contributed by atoms with Gasteiger partial charge in [-0.1, -0.05) is 32.4 Å². The van der Waals surface area contributed by atoms with Crippen LogP contribution in [0.1, 0.15) is 52.4 Å². The zero-order valence-corrected chi connectivity index (χ0v) is 10.8. The standard InChI is InChI=1S/C14H22O3/c1-3-5-6-7-8-10-12-11(9-4-2)13(15)17-14(12)16/h5-6,11-12H,3-4,7-10H2,1-2H3. The van der Waals surface area contributed by atoms with Crippen molar-refractivity contribution in [3.8, 4) is 0 Å². The van der Waals surface area contributed by atoms with E-state index in [9.17, 15) is 9.59 Å². The first kappa shape index (κ1) is 13.9. The molecule has 3 heteroatoms. The monoisotopic (exact) mass is 238 g/mol. The molecule has 1 aliphatic rings. The number of unbranched alkanes of at least 4 members (excludes halogenated alkanes) is 1. The Labute approximate surface area is 103 Å². The third kappa shape index (κ3) is 3.99. The smallest absolute Gasteiger partial charge is 0.317 e. The summed E-state index contributed by atoms with van der Waals surface area (Å²) in [7, 11) is 0. The van der Waals surface area contributed by atoms with Crippen LogP contribution < -0.4 is 0 Å². The highest BCUT2D eigenvalue weighted by molar-refractivity contribution is 5.96. The topological polar surface area (TPSA) is 43.4 Å². The number of hydrogen-bond donors (Lipinski definition) is 0. The van der Waals surface area contributed by atoms with Crippen LogP contribution in [0.3, 0.4) is 0 Å². The molecular formula is C14H22O3. The van der Waals surface area contributed by atoms with Gasteiger partial charge in [0, 0.05) is 0 Å². The summed E-state index contributed by atoms with van der Waals surface area (Å²) in [6.45, 7) is 4.12. The van der Waals surface area contributed by atoms with Gasteiger partial charge in [-0.2, -0.15) is 0 Å². The lowest BCUT2D eigenvalue weighted by Crippen LogP contribution is -2.17. The summed E-state index contributed by atoms with van der Waals surface area (Å²) >= 11 is 0. The maximum atomic E-state index is 11.5. The third-order valence-corrected chi connectivity index (χ3v) is 3.18. The van der Waals surface area contributed by atoms with Gasteiger partial charge in [-0.25, -0.2) is 0 Å². The molecule has 17 heavy (non-hydrogen) atoms. The van der Waals surface area contributed by atoms with Crippen LogP contribution in [0.5, 0.6) is 0 Å². The molecule has 0 aromatic heterocycles. The molecule has 1 fully saturated rings. The summed E-state index contributed by atoms with van der Waals surface area (Å²) in [6, 6.07) is 0. The summed E-state index contributed by atoms with van der Waals surface area (Å²) in [5, 5.41) is 0. The second kappa shape index (κ2) is 7.25. The highest BCUT2D eigenvalue weighted by Crippen LogP contribution is 2.31. The molecule has 1 heterocycles. The highest BCUT2D eigenvalue weighted by atomic mass is 16.6. The molecule has 2 atom stereocenters. The molecule has 0 saturated carbocycles. The van der Waals surface area contributed by atoms with Crippen LogP contribution in [0.4, 0.5) is 0 Å². The fourth-order valence-electron chi connectivity index (χ4n) is 2.27. The van der Waals surface area contributed by atoms with E-state index in [1.807, 2.05) is 6.92 Å². The van der Waals surface area contributed by atoms with Gasteiger partial charge in [0.05, 0.1) is 11.8 Å². The lowest BCUT2D eigenvalue weighted by Gasteiger charge is -2.11. The molecule has 96 valence electrons. The van der Waals surface area contributed by atoms with Gasteiger partial charge in [-0.05, 0) is 32.1 Å². The highest BCUT2D eigenvalue weighted by Gasteiger charge is 2.42. The Morgan fingerprint density at radius 3 is 2.29 bits per heavy atom. The van der Waals surface area contributed by atoms with Crippen molar-refractivity contribution in [3.63, 3.8) is 0 Å². The average molecular weight is 238 g/mol. The molecule has 1 aliphatic heterocycles. The molecule has 2 unspecified atom stereocenters. The van der Waals surface area contributed by atoms with Gasteiger partial charge in [0.25, 0.3) is 0 Å². The first-order chi connectivity index (χ1) is 8.20. The number of esters is 2. The Hall–Kier alpha value is -1.12. The van der Waals surface area contributed by atoms with Gasteiger partial charge in [0.2, 0.25) is 0 Å². The molecule has 0 aromatic carbocycles. The van der Waals surface area contributed by atoms with Crippen molar-refractivity contribution in [1.29, 1.82) is 0 Å². The number of rotatable bonds is 7. The van der Waals surface area contributed by atoms with Crippen LogP contribution in [0.25, 0.3) is 0 Å². The number of allylic oxidation sites excluding steroid dienone is 2. The Kier molecular flexibility index (Phi) is 5.95. The second-order valence-electron chi connectivity index (χ2n) is 4.55. The van der Waals surface area contributed by atoms with E-state index in [1.165, 1.54) is 0 Å². The normalized spacial score (nSPS) is 24.6. The molecule has 0 bridgehead atoms. The van der Waals surface area contributed by atoms with E-state index in [0.29, 0.717) is 0 Å². The van der Waals surface area contributed by atoms with Crippen molar-refractivity contribution in [2.75, 3.05) is 0 Å². The minimum absolute atomic E-state index is 0.192. The Morgan fingerprint density at radius 2 is 1.71 bits per heavy atom. The predicted molar refractivity (Wildman–Crippen MR) is 66.3 cm³/mol. The first-order valence-electron chi connectivity index (χ1n) is 6.61. The van der Waals surface area contributed by atoms with Gasteiger partial charge in [-0.3, -0.25) is 9.59 Å². The van der Waals surface area contributed by atoms with E-state index in [4.69, 9.17) is 4.74 Å². The lowest BCUT2D eigenvalue weighted by atomic mass is 9.87. The number of ether oxygens (including phenoxy) is 1. The van der Waals surface area contributed by atoms with Crippen LogP contribution in [-0.2, 0) is 14.3 Å². The van der Waals surface area contributed by atoms with Crippen LogP contribution in [0.15, 0.2) is 12.2 Å². The van der Waals surface area contributed by atoms with Crippen LogP contribution in [0.2, 0.25) is 0 Å². The third-order valence-electron chi connectivity index (χ3n) is 3.18. The van der Waals surface area contributed by atoms with Crippen LogP contribution >= 0.6 is 0 Å². The maximum absolute atomic E-state index is 11.5. The van der Waals surface area contributed by atoms with Gasteiger partial charge in [0.1, 0.15) is 0 Å². The Bertz CT molecular complexity index is 294. The SMILES string of the molecule is CCC=CCCCC1C(=O)OC(=O)C1CCC. The van der Waals surface area contributed by atoms with Gasteiger partial charge < -0.3 is 4.74 Å². The summed E-state index contributed by atoms with van der Waals surface area (Å²) in [5.41, 5.74) is 0. The number of carbonyl (C=O) groups excluding carboxylic acids is 2. The zero-order chi connectivity index (χ0) is 12.7. The largest absolute Gasteiger partial charge is 0.393 e. The predicted octanol–water partition coefficient (Wildman–Crippen LogP) is 3.24. The molecule has 0 N–H and O–H groups in total. The fourth-order valence-corrected chi connectivity index (χ4v) is 2.27. The molecule has 3 nitrogen and oxygen atoms in total. The quantitative estimate of drug-likeness (QED) is 0.296. The van der Waals surface area contributed by atoms with Crippen molar-refractivity contribution >= 4 is 11.9 Å². The van der Waals surface area contributed by atoms with Crippen molar-refractivity contribution in [2.24, 2.45) is 11.8 Å². The molecule has 0 aliphatic carbocycles. The maximum Gasteiger partial charge on any atom is 0.317 e. The lowest BCUT2D eigenvalue weighted by molar-refractivity contribution is -0.153.